The minimum atomic E-state index is -1.75. The van der Waals surface area contributed by atoms with Crippen LogP contribution < -0.4 is 0 Å². The maximum atomic E-state index is 14.2. The van der Waals surface area contributed by atoms with Crippen LogP contribution in [0.3, 0.4) is 0 Å². The second kappa shape index (κ2) is 14.8. The molecular formula is C41H53NO5Si. The highest BCUT2D eigenvalue weighted by Crippen LogP contribution is 2.71. The van der Waals surface area contributed by atoms with Crippen LogP contribution in [0.4, 0.5) is 4.79 Å². The molecule has 3 fully saturated rings. The molecule has 2 bridgehead atoms. The van der Waals surface area contributed by atoms with E-state index in [1.807, 2.05) is 18.2 Å². The largest absolute Gasteiger partial charge is 0.458 e. The summed E-state index contributed by atoms with van der Waals surface area (Å²) in [5, 5.41) is 0. The van der Waals surface area contributed by atoms with Crippen LogP contribution in [0.5, 0.6) is 0 Å². The molecule has 0 unspecified atom stereocenters. The Balaban J connectivity index is 1.31. The van der Waals surface area contributed by atoms with E-state index in [0.717, 1.165) is 37.0 Å². The number of carbonyl (C=O) groups is 3. The van der Waals surface area contributed by atoms with E-state index in [2.05, 4.69) is 113 Å². The number of hydrogen-bond donors (Lipinski definition) is 0. The van der Waals surface area contributed by atoms with Gasteiger partial charge in [0.15, 0.2) is 0 Å². The van der Waals surface area contributed by atoms with E-state index in [0.29, 0.717) is 18.0 Å². The van der Waals surface area contributed by atoms with Gasteiger partial charge in [-0.1, -0.05) is 131 Å². The van der Waals surface area contributed by atoms with E-state index in [-0.39, 0.29) is 53.7 Å². The van der Waals surface area contributed by atoms with Crippen molar-refractivity contribution >= 4 is 26.0 Å². The van der Waals surface area contributed by atoms with Gasteiger partial charge in [-0.25, -0.2) is 14.5 Å². The Hall–Kier alpha value is -3.71. The smallest absolute Gasteiger partial charge is 0.416 e. The Labute approximate surface area is 288 Å². The zero-order valence-corrected chi connectivity index (χ0v) is 30.6. The standard InChI is InChI=1S/C41H53NO5Si/c1-40(2)33-25-26-41(40,3)37(36(33)35(30-19-14-11-15-20-30)31-21-16-12-17-22-31)47-38(44)32(29-48(4,5)6)23-13-9-7-8-10-18-24-34(43)42-27-28-46-39(42)45/h10-23,29,33,35-37H,7-9,24-28H2,1-6H3/b18-10+,23-13+,32-29-/t33-,36-,37-,41+/m1/s1. The first kappa shape index (κ1) is 35.6. The molecule has 2 aliphatic carbocycles. The number of unbranched alkanes of at least 4 members (excludes halogenated alkanes) is 2. The summed E-state index contributed by atoms with van der Waals surface area (Å²) >= 11 is 0. The third-order valence-corrected chi connectivity index (χ3v) is 12.3. The predicted octanol–water partition coefficient (Wildman–Crippen LogP) is 9.26. The van der Waals surface area contributed by atoms with Crippen LogP contribution in [0.2, 0.25) is 19.6 Å². The molecule has 4 atom stereocenters. The molecule has 1 aliphatic heterocycles. The monoisotopic (exact) mass is 667 g/mol. The van der Waals surface area contributed by atoms with Crippen molar-refractivity contribution in [1.29, 1.82) is 0 Å². The lowest BCUT2D eigenvalue weighted by atomic mass is 9.68. The minimum Gasteiger partial charge on any atom is -0.458 e. The zero-order chi connectivity index (χ0) is 34.5. The van der Waals surface area contributed by atoms with Gasteiger partial charge in [0.25, 0.3) is 0 Å². The molecule has 0 radical (unpaired) electrons. The number of carbonyl (C=O) groups excluding carboxylic acids is 3. The SMILES string of the molecule is CC1(C)[C@@H]2CC[C@@]1(C)[C@H](OC(=O)C(=C\[Si](C)(C)C)/C=C/CCC/C=C/CC(=O)N1CCOC1=O)[C@H]2C(c1ccccc1)c1ccccc1. The first-order valence-electron chi connectivity index (χ1n) is 17.7. The van der Waals surface area contributed by atoms with Gasteiger partial charge in [-0.05, 0) is 54.6 Å². The van der Waals surface area contributed by atoms with E-state index in [1.54, 1.807) is 0 Å². The van der Waals surface area contributed by atoms with Crippen LogP contribution in [0.1, 0.15) is 76.3 Å². The Morgan fingerprint density at radius 1 is 0.958 bits per heavy atom. The summed E-state index contributed by atoms with van der Waals surface area (Å²) in [6, 6.07) is 21.5. The van der Waals surface area contributed by atoms with Crippen LogP contribution in [-0.4, -0.2) is 50.2 Å². The van der Waals surface area contributed by atoms with Crippen molar-refractivity contribution in [3.8, 4) is 0 Å². The fourth-order valence-electron chi connectivity index (χ4n) is 8.37. The summed E-state index contributed by atoms with van der Waals surface area (Å²) in [6.45, 7) is 14.5. The average Bonchev–Trinajstić information content (AvgIpc) is 3.63. The summed E-state index contributed by atoms with van der Waals surface area (Å²) in [4.78, 5) is 39.2. The van der Waals surface area contributed by atoms with Gasteiger partial charge in [-0.2, -0.15) is 0 Å². The maximum absolute atomic E-state index is 14.2. The average molecular weight is 668 g/mol. The van der Waals surface area contributed by atoms with Gasteiger partial charge >= 0.3 is 12.1 Å². The molecule has 1 heterocycles. The number of esters is 1. The van der Waals surface area contributed by atoms with Gasteiger partial charge < -0.3 is 9.47 Å². The Bertz CT molecular complexity index is 1500. The molecule has 0 spiro atoms. The van der Waals surface area contributed by atoms with Gasteiger partial charge in [0.1, 0.15) is 12.7 Å². The summed E-state index contributed by atoms with van der Waals surface area (Å²) < 4.78 is 11.6. The van der Waals surface area contributed by atoms with Crippen LogP contribution in [0.25, 0.3) is 0 Å². The van der Waals surface area contributed by atoms with Gasteiger partial charge in [-0.15, -0.1) is 0 Å². The van der Waals surface area contributed by atoms with E-state index in [4.69, 9.17) is 9.47 Å². The van der Waals surface area contributed by atoms with Crippen LogP contribution in [0, 0.1) is 22.7 Å². The molecular weight excluding hydrogens is 615 g/mol. The number of hydrogen-bond acceptors (Lipinski definition) is 5. The van der Waals surface area contributed by atoms with E-state index >= 15 is 0 Å². The zero-order valence-electron chi connectivity index (χ0n) is 29.6. The number of nitrogens with zero attached hydrogens (tertiary/aromatic N) is 1. The van der Waals surface area contributed by atoms with E-state index in [1.165, 1.54) is 11.1 Å². The molecule has 2 aromatic carbocycles. The van der Waals surface area contributed by atoms with Crippen LogP contribution in [0.15, 0.2) is 96.2 Å². The number of imide groups is 1. The van der Waals surface area contributed by atoms with Gasteiger partial charge in [0.2, 0.25) is 5.91 Å². The molecule has 2 saturated carbocycles. The van der Waals surface area contributed by atoms with Crippen molar-refractivity contribution in [3.05, 3.63) is 107 Å². The Morgan fingerprint density at radius 2 is 1.58 bits per heavy atom. The Kier molecular flexibility index (Phi) is 11.0. The molecule has 2 amide bonds. The molecule has 0 N–H and O–H groups in total. The first-order chi connectivity index (χ1) is 22.8. The van der Waals surface area contributed by atoms with E-state index < -0.39 is 14.2 Å². The lowest BCUT2D eigenvalue weighted by molar-refractivity contribution is -0.155. The van der Waals surface area contributed by atoms with Gasteiger partial charge in [0, 0.05) is 23.7 Å². The van der Waals surface area contributed by atoms with Crippen molar-refractivity contribution in [2.75, 3.05) is 13.2 Å². The lowest BCUT2D eigenvalue weighted by Crippen LogP contribution is -2.43. The Morgan fingerprint density at radius 3 is 2.17 bits per heavy atom. The highest BCUT2D eigenvalue weighted by Gasteiger charge is 2.69. The fraction of sp³-hybridized carbons (Fsp3) is 0.488. The van der Waals surface area contributed by atoms with Crippen LogP contribution in [-0.2, 0) is 19.1 Å². The second-order valence-corrected chi connectivity index (χ2v) is 20.6. The number of amides is 2. The molecule has 3 aliphatic rings. The summed E-state index contributed by atoms with van der Waals surface area (Å²) in [7, 11) is -1.75. The van der Waals surface area contributed by atoms with Crippen molar-refractivity contribution in [3.63, 3.8) is 0 Å². The summed E-state index contributed by atoms with van der Waals surface area (Å²) in [5.41, 5.74) is 5.28. The number of cyclic esters (lactones) is 1. The third kappa shape index (κ3) is 7.62. The highest BCUT2D eigenvalue weighted by molar-refractivity contribution is 6.81. The van der Waals surface area contributed by atoms with E-state index in [9.17, 15) is 14.4 Å². The molecule has 2 aromatic rings. The second-order valence-electron chi connectivity index (χ2n) is 15.6. The van der Waals surface area contributed by atoms with Crippen molar-refractivity contribution in [2.45, 2.75) is 91.0 Å². The molecule has 256 valence electrons. The van der Waals surface area contributed by atoms with Crippen LogP contribution >= 0.6 is 0 Å². The number of ether oxygens (including phenoxy) is 2. The van der Waals surface area contributed by atoms with Gasteiger partial charge in [-0.3, -0.25) is 4.79 Å². The first-order valence-corrected chi connectivity index (χ1v) is 21.2. The molecule has 6 nitrogen and oxygen atoms in total. The summed E-state index contributed by atoms with van der Waals surface area (Å²) in [6.07, 6.45) is 12.0. The normalized spacial score (nSPS) is 25.4. The van der Waals surface area contributed by atoms with Crippen molar-refractivity contribution < 1.29 is 23.9 Å². The number of fused-ring (bicyclic) bond motifs is 2. The number of benzene rings is 2. The quantitative estimate of drug-likeness (QED) is 0.0532. The van der Waals surface area contributed by atoms with Crippen molar-refractivity contribution in [2.24, 2.45) is 22.7 Å². The minimum absolute atomic E-state index is 0.0266. The third-order valence-electron chi connectivity index (χ3n) is 11.1. The predicted molar refractivity (Wildman–Crippen MR) is 194 cm³/mol. The lowest BCUT2D eigenvalue weighted by Gasteiger charge is -2.41. The topological polar surface area (TPSA) is 72.9 Å². The highest BCUT2D eigenvalue weighted by atomic mass is 28.3. The maximum Gasteiger partial charge on any atom is 0.416 e. The molecule has 48 heavy (non-hydrogen) atoms. The number of allylic oxidation sites excluding steroid dienone is 2. The molecule has 1 saturated heterocycles. The fourth-order valence-corrected chi connectivity index (χ4v) is 9.52. The number of rotatable bonds is 13. The van der Waals surface area contributed by atoms with Crippen molar-refractivity contribution in [1.82, 2.24) is 4.90 Å². The molecule has 0 aromatic heterocycles. The van der Waals surface area contributed by atoms with Gasteiger partial charge in [0.05, 0.1) is 20.2 Å². The molecule has 5 rings (SSSR count). The molecule has 7 heteroatoms. The summed E-state index contributed by atoms with van der Waals surface area (Å²) in [5.74, 6) is 0.274.